The molecule has 2 amide bonds. The summed E-state index contributed by atoms with van der Waals surface area (Å²) in [5.41, 5.74) is 4.12. The second-order valence-corrected chi connectivity index (χ2v) is 6.75. The molecule has 142 valence electrons. The van der Waals surface area contributed by atoms with Crippen LogP contribution < -0.4 is 5.32 Å². The van der Waals surface area contributed by atoms with E-state index in [4.69, 9.17) is 4.74 Å². The van der Waals surface area contributed by atoms with Crippen LogP contribution in [-0.2, 0) is 33.7 Å². The number of hydrogen-bond acceptors (Lipinski definition) is 3. The first kappa shape index (κ1) is 19.1. The molecule has 1 heterocycles. The molecule has 0 radical (unpaired) electrons. The SMILES string of the molecule is CCc1ccc(CNC(=O)C2c3ccccc3CC(=O)N2CCOC)cc1. The number of fused-ring (bicyclic) bond motifs is 1. The van der Waals surface area contributed by atoms with Gasteiger partial charge in [0.25, 0.3) is 0 Å². The van der Waals surface area contributed by atoms with Crippen molar-refractivity contribution in [3.05, 3.63) is 70.8 Å². The zero-order valence-electron chi connectivity index (χ0n) is 15.9. The highest BCUT2D eigenvalue weighted by Crippen LogP contribution is 2.30. The van der Waals surface area contributed by atoms with Gasteiger partial charge in [-0.05, 0) is 28.7 Å². The van der Waals surface area contributed by atoms with Crippen molar-refractivity contribution in [2.24, 2.45) is 0 Å². The Labute approximate surface area is 160 Å². The number of carbonyl (C=O) groups is 2. The lowest BCUT2D eigenvalue weighted by molar-refractivity contribution is -0.142. The van der Waals surface area contributed by atoms with Gasteiger partial charge < -0.3 is 15.0 Å². The van der Waals surface area contributed by atoms with Crippen LogP contribution in [0.2, 0.25) is 0 Å². The van der Waals surface area contributed by atoms with E-state index in [1.165, 1.54) is 5.56 Å². The number of nitrogens with zero attached hydrogens (tertiary/aromatic N) is 1. The van der Waals surface area contributed by atoms with Gasteiger partial charge in [0.15, 0.2) is 0 Å². The third kappa shape index (κ3) is 4.37. The van der Waals surface area contributed by atoms with Crippen LogP contribution in [0.15, 0.2) is 48.5 Å². The van der Waals surface area contributed by atoms with E-state index in [9.17, 15) is 9.59 Å². The third-order valence-corrected chi connectivity index (χ3v) is 5.01. The minimum absolute atomic E-state index is 0.0433. The van der Waals surface area contributed by atoms with Crippen LogP contribution in [0.3, 0.4) is 0 Å². The predicted molar refractivity (Wildman–Crippen MR) is 104 cm³/mol. The van der Waals surface area contributed by atoms with Gasteiger partial charge >= 0.3 is 0 Å². The quantitative estimate of drug-likeness (QED) is 0.820. The van der Waals surface area contributed by atoms with Gasteiger partial charge in [0.05, 0.1) is 13.0 Å². The van der Waals surface area contributed by atoms with E-state index in [1.54, 1.807) is 12.0 Å². The summed E-state index contributed by atoms with van der Waals surface area (Å²) in [5.74, 6) is -0.204. The summed E-state index contributed by atoms with van der Waals surface area (Å²) in [7, 11) is 1.59. The van der Waals surface area contributed by atoms with Crippen molar-refractivity contribution < 1.29 is 14.3 Å². The molecular weight excluding hydrogens is 340 g/mol. The molecule has 0 bridgehead atoms. The van der Waals surface area contributed by atoms with Gasteiger partial charge in [-0.1, -0.05) is 55.5 Å². The molecule has 1 unspecified atom stereocenters. The summed E-state index contributed by atoms with van der Waals surface area (Å²) in [6.45, 7) is 3.35. The molecule has 1 N–H and O–H groups in total. The molecule has 1 aliphatic rings. The standard InChI is InChI=1S/C22H26N2O3/c1-3-16-8-10-17(11-9-16)15-23-22(26)21-19-7-5-4-6-18(19)14-20(25)24(21)12-13-27-2/h4-11,21H,3,12-15H2,1-2H3,(H,23,26). The Balaban J connectivity index is 1.78. The Morgan fingerprint density at radius 2 is 1.85 bits per heavy atom. The number of benzene rings is 2. The fraction of sp³-hybridized carbons (Fsp3) is 0.364. The van der Waals surface area contributed by atoms with Gasteiger partial charge in [-0.3, -0.25) is 9.59 Å². The second-order valence-electron chi connectivity index (χ2n) is 6.75. The Kier molecular flexibility index (Phi) is 6.24. The topological polar surface area (TPSA) is 58.6 Å². The minimum Gasteiger partial charge on any atom is -0.383 e. The van der Waals surface area contributed by atoms with Gasteiger partial charge in [0.1, 0.15) is 6.04 Å². The van der Waals surface area contributed by atoms with Crippen LogP contribution in [0.4, 0.5) is 0 Å². The number of methoxy groups -OCH3 is 1. The Bertz CT molecular complexity index is 801. The van der Waals surface area contributed by atoms with Crippen LogP contribution >= 0.6 is 0 Å². The molecule has 0 fully saturated rings. The first-order valence-corrected chi connectivity index (χ1v) is 9.35. The molecule has 0 saturated heterocycles. The maximum atomic E-state index is 13.0. The number of aryl methyl sites for hydroxylation is 1. The molecular formula is C22H26N2O3. The number of nitrogens with one attached hydrogen (secondary N) is 1. The van der Waals surface area contributed by atoms with Crippen molar-refractivity contribution in [2.45, 2.75) is 32.4 Å². The van der Waals surface area contributed by atoms with Crippen molar-refractivity contribution in [1.82, 2.24) is 10.2 Å². The molecule has 2 aromatic rings. The maximum absolute atomic E-state index is 13.0. The van der Waals surface area contributed by atoms with Crippen molar-refractivity contribution in [1.29, 1.82) is 0 Å². The van der Waals surface area contributed by atoms with Crippen molar-refractivity contribution in [2.75, 3.05) is 20.3 Å². The number of ether oxygens (including phenoxy) is 1. The van der Waals surface area contributed by atoms with E-state index >= 15 is 0 Å². The molecule has 0 aliphatic carbocycles. The van der Waals surface area contributed by atoms with E-state index in [2.05, 4.69) is 24.4 Å². The molecule has 2 aromatic carbocycles. The average Bonchev–Trinajstić information content (AvgIpc) is 2.70. The molecule has 3 rings (SSSR count). The van der Waals surface area contributed by atoms with Crippen LogP contribution in [0.25, 0.3) is 0 Å². The zero-order valence-corrected chi connectivity index (χ0v) is 15.9. The largest absolute Gasteiger partial charge is 0.383 e. The lowest BCUT2D eigenvalue weighted by atomic mass is 9.91. The van der Waals surface area contributed by atoms with Gasteiger partial charge in [-0.25, -0.2) is 0 Å². The number of hydrogen-bond donors (Lipinski definition) is 1. The van der Waals surface area contributed by atoms with Gasteiger partial charge in [-0.15, -0.1) is 0 Å². The van der Waals surface area contributed by atoms with Gasteiger partial charge in [-0.2, -0.15) is 0 Å². The number of rotatable bonds is 7. The average molecular weight is 366 g/mol. The fourth-order valence-electron chi connectivity index (χ4n) is 3.44. The molecule has 1 atom stereocenters. The summed E-state index contributed by atoms with van der Waals surface area (Å²) in [6, 6.07) is 15.3. The number of amides is 2. The summed E-state index contributed by atoms with van der Waals surface area (Å²) in [5, 5.41) is 3.00. The van der Waals surface area contributed by atoms with Crippen LogP contribution in [0.1, 0.15) is 35.2 Å². The molecule has 0 aromatic heterocycles. The normalized spacial score (nSPS) is 16.1. The number of carbonyl (C=O) groups excluding carboxylic acids is 2. The van der Waals surface area contributed by atoms with Gasteiger partial charge in [0, 0.05) is 20.2 Å². The van der Waals surface area contributed by atoms with E-state index in [-0.39, 0.29) is 11.8 Å². The Morgan fingerprint density at radius 3 is 2.56 bits per heavy atom. The van der Waals surface area contributed by atoms with E-state index in [0.29, 0.717) is 26.1 Å². The molecule has 0 spiro atoms. The highest BCUT2D eigenvalue weighted by Gasteiger charge is 2.36. The molecule has 5 heteroatoms. The highest BCUT2D eigenvalue weighted by atomic mass is 16.5. The Hall–Kier alpha value is -2.66. The molecule has 27 heavy (non-hydrogen) atoms. The summed E-state index contributed by atoms with van der Waals surface area (Å²) >= 11 is 0. The molecule has 5 nitrogen and oxygen atoms in total. The lowest BCUT2D eigenvalue weighted by Crippen LogP contribution is -2.48. The van der Waals surface area contributed by atoms with Crippen molar-refractivity contribution in [3.8, 4) is 0 Å². The first-order chi connectivity index (χ1) is 13.1. The van der Waals surface area contributed by atoms with E-state index in [1.807, 2.05) is 36.4 Å². The fourth-order valence-corrected chi connectivity index (χ4v) is 3.44. The lowest BCUT2D eigenvalue weighted by Gasteiger charge is -2.36. The Morgan fingerprint density at radius 1 is 1.15 bits per heavy atom. The van der Waals surface area contributed by atoms with Crippen molar-refractivity contribution in [3.63, 3.8) is 0 Å². The van der Waals surface area contributed by atoms with E-state index < -0.39 is 6.04 Å². The van der Waals surface area contributed by atoms with Crippen LogP contribution in [-0.4, -0.2) is 37.0 Å². The van der Waals surface area contributed by atoms with Crippen LogP contribution in [0.5, 0.6) is 0 Å². The molecule has 0 saturated carbocycles. The highest BCUT2D eigenvalue weighted by molar-refractivity contribution is 5.92. The van der Waals surface area contributed by atoms with Crippen LogP contribution in [0, 0.1) is 0 Å². The minimum atomic E-state index is -0.618. The van der Waals surface area contributed by atoms with E-state index in [0.717, 1.165) is 23.1 Å². The van der Waals surface area contributed by atoms with Gasteiger partial charge in [0.2, 0.25) is 11.8 Å². The predicted octanol–water partition coefficient (Wildman–Crippen LogP) is 2.64. The van der Waals surface area contributed by atoms with Crippen molar-refractivity contribution >= 4 is 11.8 Å². The second kappa shape index (κ2) is 8.82. The molecule has 1 aliphatic heterocycles. The first-order valence-electron chi connectivity index (χ1n) is 9.35. The smallest absolute Gasteiger partial charge is 0.247 e. The zero-order chi connectivity index (χ0) is 19.2. The summed E-state index contributed by atoms with van der Waals surface area (Å²) in [6.07, 6.45) is 1.31. The summed E-state index contributed by atoms with van der Waals surface area (Å²) < 4.78 is 5.13. The third-order valence-electron chi connectivity index (χ3n) is 5.01. The monoisotopic (exact) mass is 366 g/mol. The summed E-state index contributed by atoms with van der Waals surface area (Å²) in [4.78, 5) is 27.3. The maximum Gasteiger partial charge on any atom is 0.247 e.